The molecule has 1 aromatic carbocycles. The first kappa shape index (κ1) is 21.2. The van der Waals surface area contributed by atoms with Crippen LogP contribution in [0.4, 0.5) is 27.2 Å². The molecule has 1 aromatic rings. The van der Waals surface area contributed by atoms with E-state index in [4.69, 9.17) is 4.74 Å². The average molecular weight is 478 g/mol. The molecule has 4 fully saturated rings. The second kappa shape index (κ2) is 6.47. The molecule has 5 rings (SSSR count). The minimum Gasteiger partial charge on any atom is -0.447 e. The van der Waals surface area contributed by atoms with Gasteiger partial charge in [0.1, 0.15) is 18.0 Å². The van der Waals surface area contributed by atoms with Crippen LogP contribution in [0.1, 0.15) is 5.56 Å². The van der Waals surface area contributed by atoms with Crippen LogP contribution in [-0.2, 0) is 20.9 Å². The summed E-state index contributed by atoms with van der Waals surface area (Å²) < 4.78 is 84.3. The number of likely N-dealkylation sites (tertiary alicyclic amines) is 2. The number of alkyl halides is 3. The zero-order valence-electron chi connectivity index (χ0n) is 16.5. The van der Waals surface area contributed by atoms with E-state index in [2.05, 4.69) is 5.32 Å². The fourth-order valence-electron chi connectivity index (χ4n) is 4.74. The molecule has 4 heterocycles. The number of carbonyl (C=O) groups is 2. The smallest absolute Gasteiger partial charge is 0.417 e. The Hall–Kier alpha value is -2.61. The van der Waals surface area contributed by atoms with Gasteiger partial charge in [-0.3, -0.25) is 0 Å². The van der Waals surface area contributed by atoms with E-state index in [1.807, 2.05) is 0 Å². The molecule has 0 saturated carbocycles. The largest absolute Gasteiger partial charge is 0.447 e. The molecule has 4 aliphatic heterocycles. The van der Waals surface area contributed by atoms with Crippen LogP contribution in [0.15, 0.2) is 23.1 Å². The molecule has 2 spiro atoms. The summed E-state index contributed by atoms with van der Waals surface area (Å²) in [6.07, 6.45) is -5.55. The summed E-state index contributed by atoms with van der Waals surface area (Å²) >= 11 is 0. The van der Waals surface area contributed by atoms with Crippen molar-refractivity contribution in [2.24, 2.45) is 5.41 Å². The fraction of sp³-hybridized carbons (Fsp3) is 0.556. The zero-order valence-corrected chi connectivity index (χ0v) is 17.3. The van der Waals surface area contributed by atoms with Crippen molar-refractivity contribution in [3.8, 4) is 0 Å². The number of hydrogen-bond acceptors (Lipinski definition) is 5. The Morgan fingerprint density at radius 2 is 1.69 bits per heavy atom. The predicted octanol–water partition coefficient (Wildman–Crippen LogP) is 1.07. The number of halogens is 4. The van der Waals surface area contributed by atoms with E-state index in [9.17, 15) is 35.6 Å². The number of cyclic esters (lactones) is 1. The molecule has 3 amide bonds. The highest BCUT2D eigenvalue weighted by molar-refractivity contribution is 7.89. The summed E-state index contributed by atoms with van der Waals surface area (Å²) in [4.78, 5) is 25.8. The second-order valence-electron chi connectivity index (χ2n) is 8.89. The lowest BCUT2D eigenvalue weighted by Gasteiger charge is -2.60. The summed E-state index contributed by atoms with van der Waals surface area (Å²) in [5, 5.41) is 2.67. The van der Waals surface area contributed by atoms with Crippen LogP contribution in [0.25, 0.3) is 0 Å². The molecule has 0 unspecified atom stereocenters. The second-order valence-corrected chi connectivity index (χ2v) is 10.8. The van der Waals surface area contributed by atoms with Gasteiger partial charge in [0.05, 0.1) is 23.5 Å². The molecule has 174 valence electrons. The monoisotopic (exact) mass is 478 g/mol. The minimum absolute atomic E-state index is 0.0262. The maximum absolute atomic E-state index is 13.3. The molecule has 0 radical (unpaired) electrons. The van der Waals surface area contributed by atoms with Gasteiger partial charge in [-0.2, -0.15) is 17.5 Å². The van der Waals surface area contributed by atoms with Crippen molar-refractivity contribution in [1.29, 1.82) is 0 Å². The quantitative estimate of drug-likeness (QED) is 0.642. The summed E-state index contributed by atoms with van der Waals surface area (Å²) in [5.74, 6) is -1.18. The number of amides is 3. The van der Waals surface area contributed by atoms with E-state index in [0.29, 0.717) is 25.2 Å². The maximum Gasteiger partial charge on any atom is 0.417 e. The predicted molar refractivity (Wildman–Crippen MR) is 98.4 cm³/mol. The van der Waals surface area contributed by atoms with E-state index in [1.54, 1.807) is 4.90 Å². The number of nitrogens with zero attached hydrogens (tertiary/aromatic N) is 3. The van der Waals surface area contributed by atoms with Gasteiger partial charge in [-0.15, -0.1) is 0 Å². The SMILES string of the molecule is O=C1NC2(CO1)CN(C(=O)N1CC3(C1)CN(S(=O)(=O)c1ccc(F)cc1C(F)(F)F)C3)C2. The molecule has 32 heavy (non-hydrogen) atoms. The van der Waals surface area contributed by atoms with Gasteiger partial charge in [-0.25, -0.2) is 22.4 Å². The number of ether oxygens (including phenoxy) is 1. The third-order valence-corrected chi connectivity index (χ3v) is 8.17. The standard InChI is InChI=1S/C18H18F4N4O5S/c19-11-1-2-13(12(3-11)18(20,21)22)32(29,30)26-6-16(7-26)4-24(5-16)15(28)25-8-17(9-25)10-31-14(27)23-17/h1-3H,4-10H2,(H,23,27). The van der Waals surface area contributed by atoms with Crippen molar-refractivity contribution < 1.29 is 40.3 Å². The molecule has 1 N–H and O–H groups in total. The number of benzene rings is 1. The maximum atomic E-state index is 13.3. The van der Waals surface area contributed by atoms with Crippen LogP contribution in [0.5, 0.6) is 0 Å². The van der Waals surface area contributed by atoms with E-state index >= 15 is 0 Å². The van der Waals surface area contributed by atoms with Crippen LogP contribution >= 0.6 is 0 Å². The highest BCUT2D eigenvalue weighted by atomic mass is 32.2. The van der Waals surface area contributed by atoms with Gasteiger partial charge in [0.2, 0.25) is 10.0 Å². The Labute approximate surface area is 179 Å². The summed E-state index contributed by atoms with van der Waals surface area (Å²) in [6, 6.07) is 1.23. The van der Waals surface area contributed by atoms with Crippen LogP contribution < -0.4 is 5.32 Å². The van der Waals surface area contributed by atoms with Crippen LogP contribution in [0.2, 0.25) is 0 Å². The molecule has 9 nitrogen and oxygen atoms in total. The number of sulfonamides is 1. The number of nitrogens with one attached hydrogen (secondary N) is 1. The van der Waals surface area contributed by atoms with Crippen LogP contribution in [0.3, 0.4) is 0 Å². The Morgan fingerprint density at radius 1 is 1.06 bits per heavy atom. The minimum atomic E-state index is -5.02. The first-order valence-electron chi connectivity index (χ1n) is 9.68. The molecule has 0 atom stereocenters. The van der Waals surface area contributed by atoms with Crippen molar-refractivity contribution in [2.45, 2.75) is 16.6 Å². The Kier molecular flexibility index (Phi) is 4.29. The van der Waals surface area contributed by atoms with Gasteiger partial charge < -0.3 is 19.9 Å². The summed E-state index contributed by atoms with van der Waals surface area (Å²) in [6.45, 7) is 1.32. The van der Waals surface area contributed by atoms with Crippen molar-refractivity contribution in [2.75, 3.05) is 45.9 Å². The van der Waals surface area contributed by atoms with Gasteiger partial charge >= 0.3 is 18.3 Å². The molecule has 4 saturated heterocycles. The van der Waals surface area contributed by atoms with Crippen LogP contribution in [0, 0.1) is 11.2 Å². The van der Waals surface area contributed by atoms with Crippen molar-refractivity contribution in [3.05, 3.63) is 29.6 Å². The number of alkyl carbamates (subject to hydrolysis) is 1. The van der Waals surface area contributed by atoms with Crippen LogP contribution in [-0.4, -0.2) is 86.1 Å². The van der Waals surface area contributed by atoms with Crippen molar-refractivity contribution >= 4 is 22.1 Å². The van der Waals surface area contributed by atoms with E-state index < -0.39 is 49.5 Å². The molecule has 4 aliphatic rings. The number of urea groups is 1. The third-order valence-electron chi connectivity index (χ3n) is 6.32. The van der Waals surface area contributed by atoms with Gasteiger partial charge in [0, 0.05) is 31.6 Å². The zero-order chi connectivity index (χ0) is 23.1. The van der Waals surface area contributed by atoms with Gasteiger partial charge in [-0.05, 0) is 18.2 Å². The summed E-state index contributed by atoms with van der Waals surface area (Å²) in [7, 11) is -4.47. The van der Waals surface area contributed by atoms with E-state index in [0.717, 1.165) is 4.31 Å². The third kappa shape index (κ3) is 3.18. The van der Waals surface area contributed by atoms with Gasteiger partial charge in [0.15, 0.2) is 0 Å². The van der Waals surface area contributed by atoms with Crippen molar-refractivity contribution in [3.63, 3.8) is 0 Å². The summed E-state index contributed by atoms with van der Waals surface area (Å²) in [5.41, 5.74) is -2.60. The average Bonchev–Trinajstić information content (AvgIpc) is 2.99. The fourth-order valence-corrected chi connectivity index (χ4v) is 6.60. The Balaban J connectivity index is 1.20. The first-order chi connectivity index (χ1) is 14.8. The van der Waals surface area contributed by atoms with Gasteiger partial charge in [-0.1, -0.05) is 0 Å². The molecule has 0 bridgehead atoms. The number of rotatable bonds is 2. The van der Waals surface area contributed by atoms with E-state index in [-0.39, 0.29) is 44.9 Å². The molecular weight excluding hydrogens is 460 g/mol. The highest BCUT2D eigenvalue weighted by Gasteiger charge is 2.59. The highest BCUT2D eigenvalue weighted by Crippen LogP contribution is 2.45. The Morgan fingerprint density at radius 3 is 2.25 bits per heavy atom. The first-order valence-corrected chi connectivity index (χ1v) is 11.1. The normalized spacial score (nSPS) is 23.9. The van der Waals surface area contributed by atoms with Crippen molar-refractivity contribution in [1.82, 2.24) is 19.4 Å². The Bertz CT molecular complexity index is 1100. The topological polar surface area (TPSA) is 99.3 Å². The molecule has 14 heteroatoms. The van der Waals surface area contributed by atoms with Gasteiger partial charge in [0.25, 0.3) is 0 Å². The molecule has 0 aromatic heterocycles. The van der Waals surface area contributed by atoms with E-state index in [1.165, 1.54) is 4.90 Å². The lowest BCUT2D eigenvalue weighted by atomic mass is 9.74. The number of carbonyl (C=O) groups excluding carboxylic acids is 2. The molecular formula is C18H18F4N4O5S. The number of hydrogen-bond donors (Lipinski definition) is 1. The lowest BCUT2D eigenvalue weighted by Crippen LogP contribution is -2.77. The lowest BCUT2D eigenvalue weighted by molar-refractivity contribution is -0.140. The molecule has 0 aliphatic carbocycles.